The van der Waals surface area contributed by atoms with Gasteiger partial charge in [-0.15, -0.1) is 0 Å². The van der Waals surface area contributed by atoms with E-state index in [0.29, 0.717) is 19.5 Å². The third-order valence-corrected chi connectivity index (χ3v) is 6.97. The zero-order valence-electron chi connectivity index (χ0n) is 22.6. The van der Waals surface area contributed by atoms with Gasteiger partial charge in [-0.2, -0.15) is 11.8 Å². The van der Waals surface area contributed by atoms with Crippen LogP contribution in [0.4, 0.5) is 0 Å². The van der Waals surface area contributed by atoms with E-state index in [0.717, 1.165) is 30.6 Å². The summed E-state index contributed by atoms with van der Waals surface area (Å²) in [5, 5.41) is 24.5. The van der Waals surface area contributed by atoms with E-state index < -0.39 is 30.1 Å². The maximum atomic E-state index is 13.4. The summed E-state index contributed by atoms with van der Waals surface area (Å²) in [6.07, 6.45) is 2.68. The molecule has 2 aromatic carbocycles. The van der Waals surface area contributed by atoms with Crippen LogP contribution in [0.5, 0.6) is 0 Å². The van der Waals surface area contributed by atoms with Crippen LogP contribution >= 0.6 is 11.8 Å². The quantitative estimate of drug-likeness (QED) is 0.240. The number of carbonyl (C=O) groups excluding carboxylic acids is 3. The molecule has 2 aromatic rings. The van der Waals surface area contributed by atoms with E-state index in [-0.39, 0.29) is 29.0 Å². The van der Waals surface area contributed by atoms with Gasteiger partial charge in [-0.25, -0.2) is 0 Å². The maximum absolute atomic E-state index is 13.4. The van der Waals surface area contributed by atoms with Gasteiger partial charge in [-0.3, -0.25) is 14.4 Å². The molecule has 0 heterocycles. The molecular weight excluding hydrogens is 502 g/mol. The summed E-state index contributed by atoms with van der Waals surface area (Å²) in [5.74, 6) is -0.758. The number of benzene rings is 2. The minimum absolute atomic E-state index is 0.0474. The van der Waals surface area contributed by atoms with E-state index in [1.807, 2.05) is 50.4 Å². The number of thioether (sulfide) groups is 1. The largest absolute Gasteiger partial charge is 0.390 e. The lowest BCUT2D eigenvalue weighted by Gasteiger charge is -2.28. The third-order valence-electron chi connectivity index (χ3n) is 6.27. The van der Waals surface area contributed by atoms with Crippen molar-refractivity contribution < 1.29 is 24.6 Å². The Labute approximate surface area is 230 Å². The van der Waals surface area contributed by atoms with Gasteiger partial charge in [0, 0.05) is 29.8 Å². The fourth-order valence-electron chi connectivity index (χ4n) is 4.31. The molecule has 3 unspecified atom stereocenters. The molecule has 38 heavy (non-hydrogen) atoms. The van der Waals surface area contributed by atoms with Gasteiger partial charge in [-0.05, 0) is 67.9 Å². The summed E-state index contributed by atoms with van der Waals surface area (Å²) in [4.78, 5) is 40.4. The molecule has 2 rings (SSSR count). The molecule has 0 fully saturated rings. The molecular formula is C29H41N3O5S. The third kappa shape index (κ3) is 9.45. The smallest absolute Gasteiger partial charge is 0.253 e. The van der Waals surface area contributed by atoms with E-state index >= 15 is 0 Å². The van der Waals surface area contributed by atoms with E-state index in [4.69, 9.17) is 5.73 Å². The van der Waals surface area contributed by atoms with Crippen molar-refractivity contribution in [3.05, 3.63) is 70.8 Å². The van der Waals surface area contributed by atoms with E-state index in [2.05, 4.69) is 5.32 Å². The Morgan fingerprint density at radius 1 is 0.974 bits per heavy atom. The second-order valence-corrected chi connectivity index (χ2v) is 10.4. The van der Waals surface area contributed by atoms with Gasteiger partial charge in [0.1, 0.15) is 6.10 Å². The molecule has 0 saturated heterocycles. The van der Waals surface area contributed by atoms with Crippen molar-refractivity contribution in [1.29, 1.82) is 0 Å². The van der Waals surface area contributed by atoms with Crippen molar-refractivity contribution in [3.63, 3.8) is 0 Å². The zero-order valence-corrected chi connectivity index (χ0v) is 23.4. The van der Waals surface area contributed by atoms with Crippen molar-refractivity contribution in [3.8, 4) is 0 Å². The summed E-state index contributed by atoms with van der Waals surface area (Å²) in [6, 6.07) is 12.8. The lowest BCUT2D eigenvalue weighted by molar-refractivity contribution is -0.00731. The molecule has 0 spiro atoms. The van der Waals surface area contributed by atoms with Gasteiger partial charge in [0.25, 0.3) is 11.8 Å². The number of amides is 3. The van der Waals surface area contributed by atoms with Gasteiger partial charge < -0.3 is 26.2 Å². The van der Waals surface area contributed by atoms with Crippen LogP contribution in [0.3, 0.4) is 0 Å². The monoisotopic (exact) mass is 543 g/mol. The molecule has 3 atom stereocenters. The number of nitrogens with one attached hydrogen (secondary N) is 1. The van der Waals surface area contributed by atoms with Crippen LogP contribution < -0.4 is 11.1 Å². The minimum Gasteiger partial charge on any atom is -0.390 e. The first-order chi connectivity index (χ1) is 18.2. The number of hydrogen-bond donors (Lipinski definition) is 4. The van der Waals surface area contributed by atoms with E-state index in [1.54, 1.807) is 16.7 Å². The Morgan fingerprint density at radius 2 is 1.58 bits per heavy atom. The second kappa shape index (κ2) is 16.2. The first-order valence-electron chi connectivity index (χ1n) is 13.2. The molecule has 9 heteroatoms. The molecule has 208 valence electrons. The molecule has 0 bridgehead atoms. The van der Waals surface area contributed by atoms with Gasteiger partial charge in [0.15, 0.2) is 0 Å². The predicted molar refractivity (Wildman–Crippen MR) is 152 cm³/mol. The van der Waals surface area contributed by atoms with Gasteiger partial charge in [0.2, 0.25) is 5.91 Å². The standard InChI is InChI=1S/C29H41N3O5S/c1-4-13-32(14-5-2)29(37)23-18-21(27(30)35)17-22(19-23)28(36)31-24(16-20-10-7-6-8-11-20)26(34)25(33)12-9-15-38-3/h6-8,10-11,17-19,24-26,33-34H,4-5,9,12-16H2,1-3H3,(H2,30,35)(H,31,36). The van der Waals surface area contributed by atoms with Crippen molar-refractivity contribution in [1.82, 2.24) is 10.2 Å². The molecule has 0 aliphatic rings. The Balaban J connectivity index is 2.37. The normalized spacial score (nSPS) is 13.4. The number of hydrogen-bond acceptors (Lipinski definition) is 6. The van der Waals surface area contributed by atoms with Crippen LogP contribution in [0.1, 0.15) is 76.2 Å². The number of nitrogens with zero attached hydrogens (tertiary/aromatic N) is 1. The van der Waals surface area contributed by atoms with Crippen LogP contribution in [0.25, 0.3) is 0 Å². The fraction of sp³-hybridized carbons (Fsp3) is 0.483. The first-order valence-corrected chi connectivity index (χ1v) is 14.5. The maximum Gasteiger partial charge on any atom is 0.253 e. The van der Waals surface area contributed by atoms with Gasteiger partial charge in [-0.1, -0.05) is 44.2 Å². The molecule has 8 nitrogen and oxygen atoms in total. The highest BCUT2D eigenvalue weighted by Gasteiger charge is 2.29. The SMILES string of the molecule is CCCN(CCC)C(=O)c1cc(C(N)=O)cc(C(=O)NC(Cc2ccccc2)C(O)C(O)CCCSC)c1. The topological polar surface area (TPSA) is 133 Å². The lowest BCUT2D eigenvalue weighted by Crippen LogP contribution is -2.50. The molecule has 0 radical (unpaired) electrons. The zero-order chi connectivity index (χ0) is 28.1. The number of aliphatic hydroxyl groups is 2. The Morgan fingerprint density at radius 3 is 2.16 bits per heavy atom. The molecule has 0 aliphatic heterocycles. The van der Waals surface area contributed by atoms with E-state index in [1.165, 1.54) is 18.2 Å². The van der Waals surface area contributed by atoms with Gasteiger partial charge in [0.05, 0.1) is 12.1 Å². The van der Waals surface area contributed by atoms with Gasteiger partial charge >= 0.3 is 0 Å². The van der Waals surface area contributed by atoms with Crippen LogP contribution in [0.2, 0.25) is 0 Å². The minimum atomic E-state index is -1.22. The molecule has 0 aliphatic carbocycles. The summed E-state index contributed by atoms with van der Waals surface area (Å²) < 4.78 is 0. The highest BCUT2D eigenvalue weighted by atomic mass is 32.2. The Hall–Kier alpha value is -2.88. The number of carbonyl (C=O) groups is 3. The highest BCUT2D eigenvalue weighted by molar-refractivity contribution is 7.98. The molecule has 5 N–H and O–H groups in total. The van der Waals surface area contributed by atoms with Crippen molar-refractivity contribution >= 4 is 29.5 Å². The highest BCUT2D eigenvalue weighted by Crippen LogP contribution is 2.17. The number of aliphatic hydroxyl groups excluding tert-OH is 2. The first kappa shape index (κ1) is 31.3. The average molecular weight is 544 g/mol. The summed E-state index contributed by atoms with van der Waals surface area (Å²) in [7, 11) is 0. The van der Waals surface area contributed by atoms with Crippen molar-refractivity contribution in [2.45, 2.75) is 64.2 Å². The van der Waals surface area contributed by atoms with Crippen LogP contribution in [-0.2, 0) is 6.42 Å². The predicted octanol–water partition coefficient (Wildman–Crippen LogP) is 3.25. The fourth-order valence-corrected chi connectivity index (χ4v) is 4.77. The lowest BCUT2D eigenvalue weighted by atomic mass is 9.95. The summed E-state index contributed by atoms with van der Waals surface area (Å²) in [6.45, 7) is 5.05. The second-order valence-electron chi connectivity index (χ2n) is 9.42. The average Bonchev–Trinajstić information content (AvgIpc) is 2.92. The molecule has 0 aromatic heterocycles. The summed E-state index contributed by atoms with van der Waals surface area (Å²) >= 11 is 1.66. The molecule has 3 amide bonds. The Bertz CT molecular complexity index is 1040. The number of primary amides is 1. The number of nitrogens with two attached hydrogens (primary N) is 1. The van der Waals surface area contributed by atoms with E-state index in [9.17, 15) is 24.6 Å². The van der Waals surface area contributed by atoms with Crippen LogP contribution in [-0.4, -0.2) is 76.2 Å². The van der Waals surface area contributed by atoms with Crippen LogP contribution in [0.15, 0.2) is 48.5 Å². The van der Waals surface area contributed by atoms with Crippen molar-refractivity contribution in [2.24, 2.45) is 5.73 Å². The number of rotatable bonds is 16. The molecule has 0 saturated carbocycles. The summed E-state index contributed by atoms with van der Waals surface area (Å²) in [5.41, 5.74) is 6.73. The Kier molecular flexibility index (Phi) is 13.3. The van der Waals surface area contributed by atoms with Crippen LogP contribution in [0, 0.1) is 0 Å². The van der Waals surface area contributed by atoms with Crippen molar-refractivity contribution in [2.75, 3.05) is 25.1 Å².